The number of piperidine rings is 1. The van der Waals surface area contributed by atoms with Gasteiger partial charge in [0.2, 0.25) is 5.91 Å². The molecule has 3 fully saturated rings. The van der Waals surface area contributed by atoms with Crippen LogP contribution >= 0.6 is 11.6 Å². The van der Waals surface area contributed by atoms with Gasteiger partial charge in [-0.1, -0.05) is 11.6 Å². The SMILES string of the molecule is CCN1CC[C@]2(CN(CCOC)CC23CCN(C(=O)Nc2ccc(Cl)cc2)CC3)C1=O. The number of urea groups is 1. The van der Waals surface area contributed by atoms with E-state index in [1.54, 1.807) is 19.2 Å². The average molecular weight is 449 g/mol. The molecule has 31 heavy (non-hydrogen) atoms. The molecule has 3 heterocycles. The zero-order valence-corrected chi connectivity index (χ0v) is 19.3. The lowest BCUT2D eigenvalue weighted by Crippen LogP contribution is -2.54. The molecule has 1 N–H and O–H groups in total. The van der Waals surface area contributed by atoms with Gasteiger partial charge in [-0.05, 0) is 50.5 Å². The van der Waals surface area contributed by atoms with Gasteiger partial charge in [0.25, 0.3) is 0 Å². The zero-order valence-electron chi connectivity index (χ0n) is 18.5. The lowest BCUT2D eigenvalue weighted by molar-refractivity contribution is -0.141. The Labute approximate surface area is 189 Å². The highest BCUT2D eigenvalue weighted by Gasteiger charge is 2.64. The summed E-state index contributed by atoms with van der Waals surface area (Å²) in [5.74, 6) is 0.314. The van der Waals surface area contributed by atoms with E-state index < -0.39 is 0 Å². The van der Waals surface area contributed by atoms with Crippen LogP contribution in [0, 0.1) is 10.8 Å². The fraction of sp³-hybridized carbons (Fsp3) is 0.652. The summed E-state index contributed by atoms with van der Waals surface area (Å²) in [6, 6.07) is 7.06. The van der Waals surface area contributed by atoms with E-state index in [1.165, 1.54) is 0 Å². The predicted molar refractivity (Wildman–Crippen MR) is 121 cm³/mol. The van der Waals surface area contributed by atoms with E-state index >= 15 is 0 Å². The summed E-state index contributed by atoms with van der Waals surface area (Å²) in [4.78, 5) is 32.6. The molecule has 0 bridgehead atoms. The molecule has 2 spiro atoms. The molecule has 3 saturated heterocycles. The molecule has 3 aliphatic heterocycles. The Morgan fingerprint density at radius 2 is 1.84 bits per heavy atom. The van der Waals surface area contributed by atoms with Crippen LogP contribution in [0.3, 0.4) is 0 Å². The number of methoxy groups -OCH3 is 1. The highest BCUT2D eigenvalue weighted by atomic mass is 35.5. The number of halogens is 1. The fourth-order valence-electron chi connectivity index (χ4n) is 5.85. The lowest BCUT2D eigenvalue weighted by Gasteiger charge is -2.47. The first-order valence-corrected chi connectivity index (χ1v) is 11.6. The molecule has 0 aliphatic carbocycles. The second kappa shape index (κ2) is 8.96. The van der Waals surface area contributed by atoms with E-state index in [-0.39, 0.29) is 16.9 Å². The van der Waals surface area contributed by atoms with Crippen LogP contribution < -0.4 is 5.32 Å². The third-order valence-electron chi connectivity index (χ3n) is 7.64. The lowest BCUT2D eigenvalue weighted by atomic mass is 9.60. The summed E-state index contributed by atoms with van der Waals surface area (Å²) in [7, 11) is 1.72. The number of carbonyl (C=O) groups is 2. The number of anilines is 1. The minimum Gasteiger partial charge on any atom is -0.383 e. The van der Waals surface area contributed by atoms with E-state index in [4.69, 9.17) is 16.3 Å². The first kappa shape index (κ1) is 22.4. The fourth-order valence-corrected chi connectivity index (χ4v) is 5.98. The van der Waals surface area contributed by atoms with Gasteiger partial charge in [-0.25, -0.2) is 4.79 Å². The van der Waals surface area contributed by atoms with Gasteiger partial charge in [0, 0.05) is 69.0 Å². The van der Waals surface area contributed by atoms with Crippen molar-refractivity contribution in [3.63, 3.8) is 0 Å². The number of likely N-dealkylation sites (tertiary alicyclic amines) is 3. The van der Waals surface area contributed by atoms with Crippen molar-refractivity contribution in [2.75, 3.05) is 64.8 Å². The second-order valence-electron chi connectivity index (χ2n) is 9.12. The maximum Gasteiger partial charge on any atom is 0.321 e. The second-order valence-corrected chi connectivity index (χ2v) is 9.56. The molecule has 4 rings (SSSR count). The van der Waals surface area contributed by atoms with Crippen LogP contribution in [-0.2, 0) is 9.53 Å². The van der Waals surface area contributed by atoms with Crippen molar-refractivity contribution in [3.8, 4) is 0 Å². The quantitative estimate of drug-likeness (QED) is 0.751. The van der Waals surface area contributed by atoms with Crippen LogP contribution in [0.5, 0.6) is 0 Å². The van der Waals surface area contributed by atoms with Crippen molar-refractivity contribution < 1.29 is 14.3 Å². The van der Waals surface area contributed by atoms with Crippen molar-refractivity contribution in [2.24, 2.45) is 10.8 Å². The zero-order chi connectivity index (χ0) is 22.1. The first-order valence-electron chi connectivity index (χ1n) is 11.3. The summed E-state index contributed by atoms with van der Waals surface area (Å²) in [6.07, 6.45) is 2.63. The van der Waals surface area contributed by atoms with Crippen molar-refractivity contribution in [3.05, 3.63) is 29.3 Å². The number of fused-ring (bicyclic) bond motifs is 1. The standard InChI is InChI=1S/C23H33ClN4O3/c1-3-27-13-10-23(20(27)29)17-26(14-15-31-2)16-22(23)8-11-28(12-9-22)21(30)25-19-6-4-18(24)5-7-19/h4-7H,3,8-17H2,1-2H3,(H,25,30)/t23-/m0/s1. The Hall–Kier alpha value is -1.83. The Morgan fingerprint density at radius 3 is 2.45 bits per heavy atom. The number of nitrogens with one attached hydrogen (secondary N) is 1. The molecule has 8 heteroatoms. The van der Waals surface area contributed by atoms with Gasteiger partial charge in [-0.3, -0.25) is 9.69 Å². The molecular weight excluding hydrogens is 416 g/mol. The van der Waals surface area contributed by atoms with Crippen LogP contribution in [0.1, 0.15) is 26.2 Å². The molecule has 0 radical (unpaired) electrons. The molecule has 1 aromatic rings. The monoisotopic (exact) mass is 448 g/mol. The smallest absolute Gasteiger partial charge is 0.321 e. The van der Waals surface area contributed by atoms with E-state index in [9.17, 15) is 9.59 Å². The molecule has 1 atom stereocenters. The summed E-state index contributed by atoms with van der Waals surface area (Å²) >= 11 is 5.94. The highest BCUT2D eigenvalue weighted by molar-refractivity contribution is 6.30. The van der Waals surface area contributed by atoms with Crippen LogP contribution in [0.15, 0.2) is 24.3 Å². The largest absolute Gasteiger partial charge is 0.383 e. The van der Waals surface area contributed by atoms with Gasteiger partial charge >= 0.3 is 6.03 Å². The van der Waals surface area contributed by atoms with Gasteiger partial charge in [0.15, 0.2) is 0 Å². The minimum atomic E-state index is -0.324. The molecule has 3 aliphatic rings. The number of nitrogens with zero attached hydrogens (tertiary/aromatic N) is 3. The minimum absolute atomic E-state index is 0.0706. The third-order valence-corrected chi connectivity index (χ3v) is 7.89. The normalized spacial score (nSPS) is 25.7. The van der Waals surface area contributed by atoms with Gasteiger partial charge in [0.1, 0.15) is 0 Å². The number of amides is 3. The van der Waals surface area contributed by atoms with Gasteiger partial charge in [-0.15, -0.1) is 0 Å². The Bertz CT molecular complexity index is 810. The molecular formula is C23H33ClN4O3. The molecule has 7 nitrogen and oxygen atoms in total. The van der Waals surface area contributed by atoms with Crippen molar-refractivity contribution >= 4 is 29.2 Å². The Kier molecular flexibility index (Phi) is 6.47. The van der Waals surface area contributed by atoms with Crippen LogP contribution in [0.25, 0.3) is 0 Å². The highest BCUT2D eigenvalue weighted by Crippen LogP contribution is 2.57. The van der Waals surface area contributed by atoms with E-state index in [1.807, 2.05) is 21.9 Å². The van der Waals surface area contributed by atoms with Gasteiger partial charge in [0.05, 0.1) is 12.0 Å². The van der Waals surface area contributed by atoms with Crippen LogP contribution in [-0.4, -0.2) is 86.2 Å². The predicted octanol–water partition coefficient (Wildman–Crippen LogP) is 3.15. The topological polar surface area (TPSA) is 65.1 Å². The van der Waals surface area contributed by atoms with E-state index in [0.717, 1.165) is 57.7 Å². The number of benzene rings is 1. The molecule has 3 amide bonds. The summed E-state index contributed by atoms with van der Waals surface area (Å²) in [6.45, 7) is 8.24. The number of ether oxygens (including phenoxy) is 1. The molecule has 0 aromatic heterocycles. The maximum atomic E-state index is 13.5. The molecule has 0 saturated carbocycles. The molecule has 170 valence electrons. The number of hydrogen-bond acceptors (Lipinski definition) is 4. The maximum absolute atomic E-state index is 13.5. The average Bonchev–Trinajstić information content (AvgIpc) is 3.26. The number of carbonyl (C=O) groups excluding carboxylic acids is 2. The third kappa shape index (κ3) is 4.03. The van der Waals surface area contributed by atoms with Crippen molar-refractivity contribution in [1.29, 1.82) is 0 Å². The van der Waals surface area contributed by atoms with Crippen molar-refractivity contribution in [1.82, 2.24) is 14.7 Å². The van der Waals surface area contributed by atoms with Crippen LogP contribution in [0.4, 0.5) is 10.5 Å². The van der Waals surface area contributed by atoms with Gasteiger partial charge < -0.3 is 19.9 Å². The first-order chi connectivity index (χ1) is 14.9. The van der Waals surface area contributed by atoms with Crippen LogP contribution in [0.2, 0.25) is 5.02 Å². The van der Waals surface area contributed by atoms with Gasteiger partial charge in [-0.2, -0.15) is 0 Å². The Balaban J connectivity index is 1.47. The Morgan fingerprint density at radius 1 is 1.13 bits per heavy atom. The summed E-state index contributed by atoms with van der Waals surface area (Å²) in [5, 5.41) is 3.61. The van der Waals surface area contributed by atoms with E-state index in [2.05, 4.69) is 17.1 Å². The van der Waals surface area contributed by atoms with Crippen molar-refractivity contribution in [2.45, 2.75) is 26.2 Å². The molecule has 1 aromatic carbocycles. The number of hydrogen-bond donors (Lipinski definition) is 1. The van der Waals surface area contributed by atoms with E-state index in [0.29, 0.717) is 30.6 Å². The molecule has 0 unspecified atom stereocenters. The summed E-state index contributed by atoms with van der Waals surface area (Å²) in [5.41, 5.74) is 0.344. The summed E-state index contributed by atoms with van der Waals surface area (Å²) < 4.78 is 5.31. The number of rotatable bonds is 5.